The highest BCUT2D eigenvalue weighted by atomic mass is 35.5. The molecule has 0 unspecified atom stereocenters. The Morgan fingerprint density at radius 2 is 1.85 bits per heavy atom. The zero-order valence-electron chi connectivity index (χ0n) is 9.93. The molecule has 2 N–H and O–H groups in total. The maximum absolute atomic E-state index is 11.9. The van der Waals surface area contributed by atoms with Crippen molar-refractivity contribution in [2.75, 3.05) is 5.32 Å². The van der Waals surface area contributed by atoms with Gasteiger partial charge in [0.2, 0.25) is 0 Å². The molecule has 0 atom stereocenters. The molecule has 0 saturated carbocycles. The van der Waals surface area contributed by atoms with Crippen LogP contribution in [0.1, 0.15) is 20.8 Å². The fourth-order valence-electron chi connectivity index (χ4n) is 1.51. The minimum Gasteiger partial charge on any atom is -0.478 e. The lowest BCUT2D eigenvalue weighted by atomic mass is 10.2. The predicted molar refractivity (Wildman–Crippen MR) is 75.6 cm³/mol. The van der Waals surface area contributed by atoms with Gasteiger partial charge in [0.1, 0.15) is 5.69 Å². The van der Waals surface area contributed by atoms with Gasteiger partial charge < -0.3 is 10.4 Å². The minimum absolute atomic E-state index is 0.0214. The highest BCUT2D eigenvalue weighted by Gasteiger charge is 2.11. The number of benzene rings is 1. The molecule has 2 aromatic rings. The van der Waals surface area contributed by atoms with Crippen LogP contribution in [0, 0.1) is 0 Å². The number of carbonyl (C=O) groups excluding carboxylic acids is 1. The number of anilines is 1. The van der Waals surface area contributed by atoms with E-state index in [0.29, 0.717) is 5.02 Å². The van der Waals surface area contributed by atoms with E-state index in [2.05, 4.69) is 10.3 Å². The van der Waals surface area contributed by atoms with Gasteiger partial charge in [-0.1, -0.05) is 23.2 Å². The van der Waals surface area contributed by atoms with Crippen molar-refractivity contribution in [3.63, 3.8) is 0 Å². The fraction of sp³-hybridized carbons (Fsp3) is 0. The van der Waals surface area contributed by atoms with Crippen molar-refractivity contribution >= 4 is 40.8 Å². The van der Waals surface area contributed by atoms with E-state index in [9.17, 15) is 9.59 Å². The maximum Gasteiger partial charge on any atom is 0.335 e. The van der Waals surface area contributed by atoms with Crippen LogP contribution in [0.2, 0.25) is 10.0 Å². The Labute approximate surface area is 124 Å². The van der Waals surface area contributed by atoms with Gasteiger partial charge in [-0.25, -0.2) is 4.79 Å². The number of amides is 1. The van der Waals surface area contributed by atoms with Gasteiger partial charge >= 0.3 is 5.97 Å². The molecule has 0 fully saturated rings. The Morgan fingerprint density at radius 3 is 2.50 bits per heavy atom. The molecule has 102 valence electrons. The molecule has 0 saturated heterocycles. The molecular formula is C13H8Cl2N2O3. The quantitative estimate of drug-likeness (QED) is 0.911. The lowest BCUT2D eigenvalue weighted by Gasteiger charge is -2.06. The Bertz CT molecular complexity index is 689. The van der Waals surface area contributed by atoms with Gasteiger partial charge in [-0.05, 0) is 30.3 Å². The van der Waals surface area contributed by atoms with E-state index in [1.807, 2.05) is 0 Å². The first-order valence-electron chi connectivity index (χ1n) is 5.42. The standard InChI is InChI=1S/C13H8Cl2N2O3/c14-8-1-2-16-11(6-8)12(18)17-10-4-7(13(19)20)3-9(15)5-10/h1-6H,(H,17,18)(H,19,20). The molecular weight excluding hydrogens is 303 g/mol. The first-order valence-corrected chi connectivity index (χ1v) is 6.18. The van der Waals surface area contributed by atoms with Gasteiger partial charge in [-0.3, -0.25) is 9.78 Å². The summed E-state index contributed by atoms with van der Waals surface area (Å²) in [5.41, 5.74) is 0.364. The summed E-state index contributed by atoms with van der Waals surface area (Å²) in [5, 5.41) is 12.0. The molecule has 2 rings (SSSR count). The Hall–Kier alpha value is -2.11. The molecule has 1 amide bonds. The number of aromatic carboxylic acids is 1. The van der Waals surface area contributed by atoms with E-state index in [1.54, 1.807) is 6.07 Å². The van der Waals surface area contributed by atoms with E-state index in [-0.39, 0.29) is 22.0 Å². The van der Waals surface area contributed by atoms with E-state index in [0.717, 1.165) is 0 Å². The monoisotopic (exact) mass is 310 g/mol. The number of hydrogen-bond donors (Lipinski definition) is 2. The molecule has 20 heavy (non-hydrogen) atoms. The largest absolute Gasteiger partial charge is 0.478 e. The molecule has 0 aliphatic rings. The molecule has 1 heterocycles. The molecule has 0 aliphatic heterocycles. The zero-order chi connectivity index (χ0) is 14.7. The highest BCUT2D eigenvalue weighted by Crippen LogP contribution is 2.20. The smallest absolute Gasteiger partial charge is 0.335 e. The number of aromatic nitrogens is 1. The average Bonchev–Trinajstić information content (AvgIpc) is 2.37. The summed E-state index contributed by atoms with van der Waals surface area (Å²) >= 11 is 11.6. The summed E-state index contributed by atoms with van der Waals surface area (Å²) in [6.07, 6.45) is 1.40. The van der Waals surface area contributed by atoms with Gasteiger partial charge in [0.15, 0.2) is 0 Å². The van der Waals surface area contributed by atoms with Crippen LogP contribution in [0.15, 0.2) is 36.5 Å². The molecule has 5 nitrogen and oxygen atoms in total. The molecule has 1 aromatic carbocycles. The number of pyridine rings is 1. The van der Waals surface area contributed by atoms with Crippen molar-refractivity contribution in [1.82, 2.24) is 4.98 Å². The summed E-state index contributed by atoms with van der Waals surface area (Å²) in [6.45, 7) is 0. The number of carboxylic acids is 1. The van der Waals surface area contributed by atoms with Gasteiger partial charge in [0.05, 0.1) is 5.56 Å². The number of carbonyl (C=O) groups is 2. The number of hydrogen-bond acceptors (Lipinski definition) is 3. The third kappa shape index (κ3) is 3.46. The van der Waals surface area contributed by atoms with Crippen molar-refractivity contribution in [2.24, 2.45) is 0 Å². The molecule has 0 bridgehead atoms. The fourth-order valence-corrected chi connectivity index (χ4v) is 1.90. The van der Waals surface area contributed by atoms with Crippen molar-refractivity contribution in [3.05, 3.63) is 57.8 Å². The van der Waals surface area contributed by atoms with Crippen LogP contribution < -0.4 is 5.32 Å². The summed E-state index contributed by atoms with van der Waals surface area (Å²) in [5.74, 6) is -1.64. The van der Waals surface area contributed by atoms with Crippen molar-refractivity contribution in [3.8, 4) is 0 Å². The zero-order valence-corrected chi connectivity index (χ0v) is 11.4. The number of nitrogens with zero attached hydrogens (tertiary/aromatic N) is 1. The average molecular weight is 311 g/mol. The minimum atomic E-state index is -1.14. The second kappa shape index (κ2) is 5.90. The highest BCUT2D eigenvalue weighted by molar-refractivity contribution is 6.31. The normalized spacial score (nSPS) is 10.1. The van der Waals surface area contributed by atoms with Crippen molar-refractivity contribution < 1.29 is 14.7 Å². The second-order valence-electron chi connectivity index (χ2n) is 3.85. The van der Waals surface area contributed by atoms with Crippen LogP contribution in [-0.2, 0) is 0 Å². The SMILES string of the molecule is O=C(O)c1cc(Cl)cc(NC(=O)c2cc(Cl)ccn2)c1. The van der Waals surface area contributed by atoms with E-state index < -0.39 is 11.9 Å². The number of nitrogens with one attached hydrogen (secondary N) is 1. The Balaban J connectivity index is 2.26. The van der Waals surface area contributed by atoms with Gasteiger partial charge in [-0.2, -0.15) is 0 Å². The molecule has 0 aliphatic carbocycles. The number of halogens is 2. The molecule has 0 spiro atoms. The summed E-state index contributed by atoms with van der Waals surface area (Å²) in [6, 6.07) is 6.98. The van der Waals surface area contributed by atoms with E-state index in [1.165, 1.54) is 30.5 Å². The number of carboxylic acid groups (broad SMARTS) is 1. The van der Waals surface area contributed by atoms with Crippen LogP contribution in [0.5, 0.6) is 0 Å². The van der Waals surface area contributed by atoms with Gasteiger partial charge in [-0.15, -0.1) is 0 Å². The third-order valence-electron chi connectivity index (χ3n) is 2.36. The van der Waals surface area contributed by atoms with Crippen LogP contribution in [0.4, 0.5) is 5.69 Å². The van der Waals surface area contributed by atoms with Crippen LogP contribution in [-0.4, -0.2) is 22.0 Å². The lowest BCUT2D eigenvalue weighted by Crippen LogP contribution is -2.14. The Kier molecular flexibility index (Phi) is 4.22. The van der Waals surface area contributed by atoms with Crippen molar-refractivity contribution in [2.45, 2.75) is 0 Å². The van der Waals surface area contributed by atoms with Crippen molar-refractivity contribution in [1.29, 1.82) is 0 Å². The van der Waals surface area contributed by atoms with Gasteiger partial charge in [0, 0.05) is 21.9 Å². The molecule has 7 heteroatoms. The first kappa shape index (κ1) is 14.3. The summed E-state index contributed by atoms with van der Waals surface area (Å²) in [7, 11) is 0. The summed E-state index contributed by atoms with van der Waals surface area (Å²) < 4.78 is 0. The van der Waals surface area contributed by atoms with Gasteiger partial charge in [0.25, 0.3) is 5.91 Å². The molecule has 1 aromatic heterocycles. The van der Waals surface area contributed by atoms with Crippen LogP contribution in [0.3, 0.4) is 0 Å². The lowest BCUT2D eigenvalue weighted by molar-refractivity contribution is 0.0696. The van der Waals surface area contributed by atoms with E-state index >= 15 is 0 Å². The van der Waals surface area contributed by atoms with E-state index in [4.69, 9.17) is 28.3 Å². The first-order chi connectivity index (χ1) is 9.45. The van der Waals surface area contributed by atoms with Crippen LogP contribution in [0.25, 0.3) is 0 Å². The summed E-state index contributed by atoms with van der Waals surface area (Å²) in [4.78, 5) is 26.7. The topological polar surface area (TPSA) is 79.3 Å². The maximum atomic E-state index is 11.9. The predicted octanol–water partition coefficient (Wildman–Crippen LogP) is 3.34. The second-order valence-corrected chi connectivity index (χ2v) is 4.72. The number of rotatable bonds is 3. The third-order valence-corrected chi connectivity index (χ3v) is 2.81. The molecule has 0 radical (unpaired) electrons. The van der Waals surface area contributed by atoms with Crippen LogP contribution >= 0.6 is 23.2 Å². The Morgan fingerprint density at radius 1 is 1.10 bits per heavy atom.